The molecule has 1 saturated carbocycles. The van der Waals surface area contributed by atoms with Crippen LogP contribution in [-0.2, 0) is 9.53 Å². The van der Waals surface area contributed by atoms with E-state index in [1.807, 2.05) is 34.6 Å². The molecule has 1 N–H and O–H groups in total. The Morgan fingerprint density at radius 2 is 2.06 bits per heavy atom. The SMILES string of the molecule is C[C@@H]1C[C@](C)(NC(=O)OC(C)(C)C)CC1=O. The molecule has 0 heterocycles. The lowest BCUT2D eigenvalue weighted by Crippen LogP contribution is -2.46. The van der Waals surface area contributed by atoms with Crippen LogP contribution in [0.2, 0.25) is 0 Å². The molecule has 0 aromatic rings. The lowest BCUT2D eigenvalue weighted by atomic mass is 9.99. The summed E-state index contributed by atoms with van der Waals surface area (Å²) in [5.74, 6) is 0.235. The molecule has 0 radical (unpaired) electrons. The average molecular weight is 227 g/mol. The molecule has 0 bridgehead atoms. The first-order valence-corrected chi connectivity index (χ1v) is 5.65. The Morgan fingerprint density at radius 3 is 2.44 bits per heavy atom. The van der Waals surface area contributed by atoms with E-state index in [9.17, 15) is 9.59 Å². The molecule has 2 atom stereocenters. The van der Waals surface area contributed by atoms with E-state index in [-0.39, 0.29) is 11.7 Å². The fourth-order valence-electron chi connectivity index (χ4n) is 2.07. The molecule has 1 aliphatic carbocycles. The highest BCUT2D eigenvalue weighted by Crippen LogP contribution is 2.31. The molecule has 0 unspecified atom stereocenters. The zero-order chi connectivity index (χ0) is 12.6. The van der Waals surface area contributed by atoms with Crippen molar-refractivity contribution in [1.82, 2.24) is 5.32 Å². The fraction of sp³-hybridized carbons (Fsp3) is 0.833. The van der Waals surface area contributed by atoms with E-state index >= 15 is 0 Å². The Balaban J connectivity index is 2.55. The number of nitrogens with one attached hydrogen (secondary N) is 1. The summed E-state index contributed by atoms with van der Waals surface area (Å²) >= 11 is 0. The van der Waals surface area contributed by atoms with Crippen molar-refractivity contribution in [2.75, 3.05) is 0 Å². The first-order valence-electron chi connectivity index (χ1n) is 5.65. The Morgan fingerprint density at radius 1 is 1.50 bits per heavy atom. The summed E-state index contributed by atoms with van der Waals surface area (Å²) in [7, 11) is 0. The lowest BCUT2D eigenvalue weighted by molar-refractivity contribution is -0.120. The van der Waals surface area contributed by atoms with Crippen LogP contribution in [-0.4, -0.2) is 23.0 Å². The van der Waals surface area contributed by atoms with Gasteiger partial charge in [0.25, 0.3) is 0 Å². The van der Waals surface area contributed by atoms with Crippen molar-refractivity contribution < 1.29 is 14.3 Å². The first kappa shape index (κ1) is 13.0. The van der Waals surface area contributed by atoms with Gasteiger partial charge in [0, 0.05) is 17.9 Å². The Kier molecular flexibility index (Phi) is 3.31. The molecule has 1 fully saturated rings. The van der Waals surface area contributed by atoms with Crippen LogP contribution < -0.4 is 5.32 Å². The van der Waals surface area contributed by atoms with E-state index in [0.717, 1.165) is 0 Å². The molecule has 0 aromatic heterocycles. The third kappa shape index (κ3) is 3.51. The van der Waals surface area contributed by atoms with Gasteiger partial charge in [0.1, 0.15) is 11.4 Å². The monoisotopic (exact) mass is 227 g/mol. The van der Waals surface area contributed by atoms with Crippen molar-refractivity contribution in [2.45, 2.75) is 58.6 Å². The van der Waals surface area contributed by atoms with Gasteiger partial charge in [-0.15, -0.1) is 0 Å². The van der Waals surface area contributed by atoms with Crippen LogP contribution in [0.1, 0.15) is 47.5 Å². The second kappa shape index (κ2) is 4.07. The summed E-state index contributed by atoms with van der Waals surface area (Å²) in [6, 6.07) is 0. The Hall–Kier alpha value is -1.06. The van der Waals surface area contributed by atoms with Gasteiger partial charge < -0.3 is 10.1 Å². The number of ketones is 1. The molecule has 0 aliphatic heterocycles. The van der Waals surface area contributed by atoms with Crippen molar-refractivity contribution in [1.29, 1.82) is 0 Å². The summed E-state index contributed by atoms with van der Waals surface area (Å²) in [5.41, 5.74) is -0.951. The van der Waals surface area contributed by atoms with E-state index in [2.05, 4.69) is 5.32 Å². The highest BCUT2D eigenvalue weighted by Gasteiger charge is 2.40. The normalized spacial score (nSPS) is 30.3. The molecule has 1 aliphatic rings. The van der Waals surface area contributed by atoms with Crippen LogP contribution in [0.25, 0.3) is 0 Å². The number of hydrogen-bond donors (Lipinski definition) is 1. The van der Waals surface area contributed by atoms with E-state index in [4.69, 9.17) is 4.74 Å². The highest BCUT2D eigenvalue weighted by molar-refractivity contribution is 5.85. The van der Waals surface area contributed by atoms with Crippen LogP contribution in [0.3, 0.4) is 0 Å². The second-order valence-corrected chi connectivity index (χ2v) is 5.94. The van der Waals surface area contributed by atoms with E-state index in [1.54, 1.807) is 0 Å². The van der Waals surface area contributed by atoms with Crippen molar-refractivity contribution in [2.24, 2.45) is 5.92 Å². The summed E-state index contributed by atoms with van der Waals surface area (Å²) in [6.07, 6.45) is 0.635. The number of carbonyl (C=O) groups is 2. The Bertz CT molecular complexity index is 306. The van der Waals surface area contributed by atoms with Crippen LogP contribution >= 0.6 is 0 Å². The highest BCUT2D eigenvalue weighted by atomic mass is 16.6. The molecular weight excluding hydrogens is 206 g/mol. The van der Waals surface area contributed by atoms with Crippen LogP contribution in [0.4, 0.5) is 4.79 Å². The fourth-order valence-corrected chi connectivity index (χ4v) is 2.07. The quantitative estimate of drug-likeness (QED) is 0.747. The van der Waals surface area contributed by atoms with Crippen LogP contribution in [0, 0.1) is 5.92 Å². The van der Waals surface area contributed by atoms with Gasteiger partial charge in [-0.25, -0.2) is 4.79 Å². The molecular formula is C12H21NO3. The van der Waals surface area contributed by atoms with Gasteiger partial charge in [-0.2, -0.15) is 0 Å². The first-order chi connectivity index (χ1) is 7.11. The maximum atomic E-state index is 11.6. The molecule has 4 nitrogen and oxygen atoms in total. The number of Topliss-reactive ketones (excluding diaryl/α,β-unsaturated/α-hetero) is 1. The summed E-state index contributed by atoms with van der Waals surface area (Å²) in [4.78, 5) is 23.1. The van der Waals surface area contributed by atoms with Gasteiger partial charge in [-0.1, -0.05) is 6.92 Å². The van der Waals surface area contributed by atoms with Crippen molar-refractivity contribution >= 4 is 11.9 Å². The maximum absolute atomic E-state index is 11.6. The van der Waals surface area contributed by atoms with Gasteiger partial charge in [0.05, 0.1) is 0 Å². The molecule has 4 heteroatoms. The zero-order valence-corrected chi connectivity index (χ0v) is 10.7. The second-order valence-electron chi connectivity index (χ2n) is 5.94. The number of rotatable bonds is 1. The molecule has 0 saturated heterocycles. The van der Waals surface area contributed by atoms with Crippen molar-refractivity contribution in [3.05, 3.63) is 0 Å². The van der Waals surface area contributed by atoms with Gasteiger partial charge in [-0.05, 0) is 34.1 Å². The summed E-state index contributed by atoms with van der Waals surface area (Å²) in [5, 5.41) is 2.79. The maximum Gasteiger partial charge on any atom is 0.408 e. The zero-order valence-electron chi connectivity index (χ0n) is 10.7. The average Bonchev–Trinajstić information content (AvgIpc) is 2.19. The van der Waals surface area contributed by atoms with Gasteiger partial charge >= 0.3 is 6.09 Å². The Labute approximate surface area is 96.7 Å². The molecule has 0 aromatic carbocycles. The van der Waals surface area contributed by atoms with Crippen LogP contribution in [0.15, 0.2) is 0 Å². The van der Waals surface area contributed by atoms with Crippen molar-refractivity contribution in [3.63, 3.8) is 0 Å². The lowest BCUT2D eigenvalue weighted by Gasteiger charge is -2.27. The van der Waals surface area contributed by atoms with E-state index in [0.29, 0.717) is 12.8 Å². The van der Waals surface area contributed by atoms with E-state index < -0.39 is 17.2 Å². The minimum Gasteiger partial charge on any atom is -0.444 e. The minimum atomic E-state index is -0.505. The topological polar surface area (TPSA) is 55.4 Å². The molecule has 1 rings (SSSR count). The number of hydrogen-bond acceptors (Lipinski definition) is 3. The molecule has 0 spiro atoms. The number of amides is 1. The number of alkyl carbamates (subject to hydrolysis) is 1. The third-order valence-electron chi connectivity index (χ3n) is 2.67. The smallest absolute Gasteiger partial charge is 0.408 e. The largest absolute Gasteiger partial charge is 0.444 e. The number of carbonyl (C=O) groups excluding carboxylic acids is 2. The molecule has 1 amide bonds. The van der Waals surface area contributed by atoms with Crippen molar-refractivity contribution in [3.8, 4) is 0 Å². The summed E-state index contributed by atoms with van der Waals surface area (Å²) < 4.78 is 5.17. The van der Waals surface area contributed by atoms with Gasteiger partial charge in [0.2, 0.25) is 0 Å². The summed E-state index contributed by atoms with van der Waals surface area (Å²) in [6.45, 7) is 9.23. The third-order valence-corrected chi connectivity index (χ3v) is 2.67. The van der Waals surface area contributed by atoms with E-state index in [1.165, 1.54) is 0 Å². The standard InChI is InChI=1S/C12H21NO3/c1-8-6-12(5,7-9(8)14)13-10(15)16-11(2,3)4/h8H,6-7H2,1-5H3,(H,13,15)/t8-,12+/m1/s1. The predicted octanol–water partition coefficient (Wildman–Crippen LogP) is 2.27. The van der Waals surface area contributed by atoms with Gasteiger partial charge in [0.15, 0.2) is 0 Å². The minimum absolute atomic E-state index is 0.0277. The predicted molar refractivity (Wildman–Crippen MR) is 61.2 cm³/mol. The molecule has 16 heavy (non-hydrogen) atoms. The molecule has 92 valence electrons. The number of ether oxygens (including phenoxy) is 1. The van der Waals surface area contributed by atoms with Crippen LogP contribution in [0.5, 0.6) is 0 Å². The van der Waals surface area contributed by atoms with Gasteiger partial charge in [-0.3, -0.25) is 4.79 Å².